The minimum atomic E-state index is -1.47. The number of nitrogens with one attached hydrogen (secondary N) is 2. The number of aromatic carboxylic acids is 2. The van der Waals surface area contributed by atoms with Crippen LogP contribution >= 0.6 is 11.6 Å². The molecule has 0 radical (unpaired) electrons. The molecule has 0 saturated heterocycles. The summed E-state index contributed by atoms with van der Waals surface area (Å²) in [6.07, 6.45) is 1.47. The third-order valence-corrected chi connectivity index (χ3v) is 6.41. The zero-order valence-corrected chi connectivity index (χ0v) is 24.0. The van der Waals surface area contributed by atoms with E-state index in [0.717, 1.165) is 6.07 Å². The van der Waals surface area contributed by atoms with Crippen molar-refractivity contribution in [2.75, 3.05) is 44.6 Å². The molecule has 2 heterocycles. The van der Waals surface area contributed by atoms with E-state index < -0.39 is 41.1 Å². The number of rotatable bonds is 12. The highest BCUT2D eigenvalue weighted by molar-refractivity contribution is 6.32. The van der Waals surface area contributed by atoms with Crippen LogP contribution in [-0.2, 0) is 11.3 Å². The average Bonchev–Trinajstić information content (AvgIpc) is 2.97. The molecule has 1 amide bonds. The van der Waals surface area contributed by atoms with Crippen molar-refractivity contribution in [1.29, 1.82) is 0 Å². The van der Waals surface area contributed by atoms with E-state index in [1.54, 1.807) is 37.2 Å². The number of pyridine rings is 1. The molecule has 0 fully saturated rings. The second-order valence-electron chi connectivity index (χ2n) is 9.22. The van der Waals surface area contributed by atoms with Crippen LogP contribution in [0.25, 0.3) is 10.9 Å². The summed E-state index contributed by atoms with van der Waals surface area (Å²) in [6.45, 7) is -0.666. The number of carboxylic acid groups (broad SMARTS) is 2. The first-order valence-electron chi connectivity index (χ1n) is 12.7. The third-order valence-electron chi connectivity index (χ3n) is 6.14. The molecule has 0 aliphatic rings. The van der Waals surface area contributed by atoms with Gasteiger partial charge in [-0.3, -0.25) is 9.59 Å². The molecule has 4 N–H and O–H groups in total. The second kappa shape index (κ2) is 13.1. The van der Waals surface area contributed by atoms with Gasteiger partial charge in [0, 0.05) is 32.2 Å². The molecule has 15 heteroatoms. The summed E-state index contributed by atoms with van der Waals surface area (Å²) in [6, 6.07) is 10.5. The molecule has 4 rings (SSSR count). The number of anilines is 3. The van der Waals surface area contributed by atoms with Crippen molar-refractivity contribution in [1.82, 2.24) is 19.9 Å². The van der Waals surface area contributed by atoms with Crippen LogP contribution in [0.4, 0.5) is 17.5 Å². The number of ether oxygens (including phenoxy) is 2. The number of carbonyl (C=O) groups excluding carboxylic acids is 1. The van der Waals surface area contributed by atoms with Crippen molar-refractivity contribution >= 4 is 57.8 Å². The van der Waals surface area contributed by atoms with E-state index in [4.69, 9.17) is 21.1 Å². The Morgan fingerprint density at radius 1 is 1.05 bits per heavy atom. The number of benzene rings is 2. The Labute approximate surface area is 249 Å². The average molecular weight is 611 g/mol. The summed E-state index contributed by atoms with van der Waals surface area (Å²) in [5.74, 6) is -2.82. The van der Waals surface area contributed by atoms with E-state index in [1.807, 2.05) is 0 Å². The van der Waals surface area contributed by atoms with Crippen LogP contribution < -0.4 is 30.6 Å². The molecule has 0 unspecified atom stereocenters. The van der Waals surface area contributed by atoms with Gasteiger partial charge in [0.15, 0.2) is 18.2 Å². The fourth-order valence-corrected chi connectivity index (χ4v) is 4.21. The number of aromatic nitrogens is 3. The summed E-state index contributed by atoms with van der Waals surface area (Å²) >= 11 is 6.30. The van der Waals surface area contributed by atoms with E-state index >= 15 is 0 Å². The first-order valence-corrected chi connectivity index (χ1v) is 13.1. The number of carboxylic acids is 2. The molecule has 14 nitrogen and oxygen atoms in total. The third kappa shape index (κ3) is 6.93. The van der Waals surface area contributed by atoms with Gasteiger partial charge in [-0.25, -0.2) is 14.6 Å². The van der Waals surface area contributed by atoms with Crippen LogP contribution in [0.5, 0.6) is 11.5 Å². The number of amides is 1. The Balaban J connectivity index is 1.70. The molecule has 0 bridgehead atoms. The van der Waals surface area contributed by atoms with Crippen molar-refractivity contribution in [2.24, 2.45) is 0 Å². The van der Waals surface area contributed by atoms with Crippen LogP contribution in [0.3, 0.4) is 0 Å². The Morgan fingerprint density at radius 3 is 2.49 bits per heavy atom. The molecule has 2 aromatic heterocycles. The van der Waals surface area contributed by atoms with Gasteiger partial charge >= 0.3 is 11.9 Å². The molecule has 4 aromatic rings. The summed E-state index contributed by atoms with van der Waals surface area (Å²) in [4.78, 5) is 58.8. The van der Waals surface area contributed by atoms with Crippen molar-refractivity contribution in [3.8, 4) is 11.5 Å². The molecule has 2 aromatic carbocycles. The van der Waals surface area contributed by atoms with Crippen molar-refractivity contribution in [3.63, 3.8) is 0 Å². The molecular weight excluding hydrogens is 584 g/mol. The normalized spacial score (nSPS) is 10.7. The van der Waals surface area contributed by atoms with Crippen LogP contribution in [0.15, 0.2) is 53.5 Å². The lowest BCUT2D eigenvalue weighted by Gasteiger charge is -2.17. The second-order valence-corrected chi connectivity index (χ2v) is 9.63. The molecule has 0 spiro atoms. The Morgan fingerprint density at radius 2 is 1.81 bits per heavy atom. The Bertz CT molecular complexity index is 1770. The van der Waals surface area contributed by atoms with Crippen LogP contribution in [-0.4, -0.2) is 77.0 Å². The number of carbonyl (C=O) groups is 3. The molecule has 43 heavy (non-hydrogen) atoms. The van der Waals surface area contributed by atoms with Crippen molar-refractivity contribution < 1.29 is 34.1 Å². The van der Waals surface area contributed by atoms with Gasteiger partial charge in [0.25, 0.3) is 11.5 Å². The van der Waals surface area contributed by atoms with Crippen LogP contribution in [0.1, 0.15) is 20.7 Å². The van der Waals surface area contributed by atoms with E-state index in [9.17, 15) is 29.4 Å². The van der Waals surface area contributed by atoms with Gasteiger partial charge in [-0.05, 0) is 36.4 Å². The zero-order valence-electron chi connectivity index (χ0n) is 23.3. The molecule has 224 valence electrons. The lowest BCUT2D eigenvalue weighted by atomic mass is 10.1. The van der Waals surface area contributed by atoms with E-state index in [-0.39, 0.29) is 29.7 Å². The minimum absolute atomic E-state index is 0.0699. The minimum Gasteiger partial charge on any atom is -0.491 e. The maximum Gasteiger partial charge on any atom is 0.340 e. The van der Waals surface area contributed by atoms with Gasteiger partial charge in [0.2, 0.25) is 5.95 Å². The van der Waals surface area contributed by atoms with Gasteiger partial charge in [0.05, 0.1) is 23.8 Å². The highest BCUT2D eigenvalue weighted by Crippen LogP contribution is 2.28. The monoisotopic (exact) mass is 610 g/mol. The molecular formula is C28H27ClN6O8. The molecule has 0 aliphatic heterocycles. The summed E-state index contributed by atoms with van der Waals surface area (Å²) < 4.78 is 12.5. The Kier molecular flexibility index (Phi) is 9.30. The zero-order chi connectivity index (χ0) is 31.3. The number of likely N-dealkylation sites (N-methyl/N-ethyl adjacent to an activating group) is 1. The predicted molar refractivity (Wildman–Crippen MR) is 158 cm³/mol. The lowest BCUT2D eigenvalue weighted by Crippen LogP contribution is -2.29. The molecule has 0 atom stereocenters. The van der Waals surface area contributed by atoms with E-state index in [2.05, 4.69) is 20.6 Å². The highest BCUT2D eigenvalue weighted by atomic mass is 35.5. The van der Waals surface area contributed by atoms with Crippen molar-refractivity contribution in [3.05, 3.63) is 75.2 Å². The van der Waals surface area contributed by atoms with Crippen molar-refractivity contribution in [2.45, 2.75) is 6.54 Å². The maximum absolute atomic E-state index is 13.4. The number of halogens is 1. The summed E-state index contributed by atoms with van der Waals surface area (Å²) in [5.41, 5.74) is -0.446. The fraction of sp³-hybridized carbons (Fsp3) is 0.214. The lowest BCUT2D eigenvalue weighted by molar-refractivity contribution is -0.122. The standard InChI is InChI=1S/C28H27ClN6O8/c1-30-22(36)14-43-21-12-15-11-16(32-24-18(29)13-31-28(33-24)34(2)3)7-8-19(15)35(25(21)37)9-10-42-20-6-4-5-17(26(38)39)23(20)27(40)41/h4-8,11-13H,9-10,14H2,1-3H3,(H,30,36)(H,38,39)(H,40,41)(H,31,32,33). The summed E-state index contributed by atoms with van der Waals surface area (Å²) in [5, 5.41) is 25.3. The Hall–Kier alpha value is -5.37. The van der Waals surface area contributed by atoms with Gasteiger partial charge in [-0.1, -0.05) is 17.7 Å². The van der Waals surface area contributed by atoms with Crippen LogP contribution in [0, 0.1) is 0 Å². The SMILES string of the molecule is CNC(=O)COc1cc2cc(Nc3nc(N(C)C)ncc3Cl)ccc2n(CCOc2cccc(C(=O)O)c2C(=O)O)c1=O. The topological polar surface area (TPSA) is 185 Å². The van der Waals surface area contributed by atoms with Gasteiger partial charge < -0.3 is 39.8 Å². The maximum atomic E-state index is 13.4. The van der Waals surface area contributed by atoms with E-state index in [1.165, 1.54) is 36.0 Å². The highest BCUT2D eigenvalue weighted by Gasteiger charge is 2.21. The fourth-order valence-electron chi connectivity index (χ4n) is 4.07. The van der Waals surface area contributed by atoms with Gasteiger partial charge in [-0.15, -0.1) is 0 Å². The number of hydrogen-bond donors (Lipinski definition) is 4. The molecule has 0 aliphatic carbocycles. The number of nitrogens with zero attached hydrogens (tertiary/aromatic N) is 4. The summed E-state index contributed by atoms with van der Waals surface area (Å²) in [7, 11) is 5.01. The van der Waals surface area contributed by atoms with E-state index in [0.29, 0.717) is 28.4 Å². The quantitative estimate of drug-likeness (QED) is 0.184. The first kappa shape index (κ1) is 30.6. The largest absolute Gasteiger partial charge is 0.491 e. The van der Waals surface area contributed by atoms with Crippen LogP contribution in [0.2, 0.25) is 5.02 Å². The smallest absolute Gasteiger partial charge is 0.340 e. The molecule has 0 saturated carbocycles. The van der Waals surface area contributed by atoms with Gasteiger partial charge in [0.1, 0.15) is 22.9 Å². The number of fused-ring (bicyclic) bond motifs is 1. The predicted octanol–water partition coefficient (Wildman–Crippen LogP) is 2.85. The number of hydrogen-bond acceptors (Lipinski definition) is 10. The van der Waals surface area contributed by atoms with Gasteiger partial charge in [-0.2, -0.15) is 4.98 Å². The first-order chi connectivity index (χ1) is 20.5.